The Morgan fingerprint density at radius 1 is 1.26 bits per heavy atom. The number of ether oxygens (including phenoxy) is 4. The summed E-state index contributed by atoms with van der Waals surface area (Å²) in [5.41, 5.74) is 0.128. The van der Waals surface area contributed by atoms with Crippen LogP contribution in [0.1, 0.15) is 6.42 Å². The fraction of sp³-hybridized carbons (Fsp3) is 0.647. The average Bonchev–Trinajstić information content (AvgIpc) is 2.68. The Kier molecular flexibility index (Phi) is 7.48. The molecule has 0 aromatic rings. The lowest BCUT2D eigenvalue weighted by Crippen LogP contribution is -2.60. The number of aldehydes is 1. The summed E-state index contributed by atoms with van der Waals surface area (Å²) in [5.74, 6) is -1.99. The number of carbonyl (C=O) groups is 2. The summed E-state index contributed by atoms with van der Waals surface area (Å²) in [5, 5.41) is 39.0. The van der Waals surface area contributed by atoms with E-state index in [9.17, 15) is 30.0 Å². The minimum atomic E-state index is -1.62. The van der Waals surface area contributed by atoms with Crippen molar-refractivity contribution in [3.8, 4) is 0 Å². The van der Waals surface area contributed by atoms with Crippen LogP contribution in [-0.4, -0.2) is 83.4 Å². The molecule has 0 spiro atoms. The van der Waals surface area contributed by atoms with E-state index in [0.29, 0.717) is 6.29 Å². The molecule has 27 heavy (non-hydrogen) atoms. The predicted octanol–water partition coefficient (Wildman–Crippen LogP) is -1.78. The average molecular weight is 388 g/mol. The largest absolute Gasteiger partial charge is 0.471 e. The molecular formula is C17H24O10. The zero-order valence-corrected chi connectivity index (χ0v) is 14.7. The number of methoxy groups -OCH3 is 1. The van der Waals surface area contributed by atoms with Crippen molar-refractivity contribution >= 4 is 12.3 Å². The minimum Gasteiger partial charge on any atom is -0.471 e. The summed E-state index contributed by atoms with van der Waals surface area (Å²) < 4.78 is 21.0. The van der Waals surface area contributed by atoms with E-state index >= 15 is 0 Å². The zero-order valence-electron chi connectivity index (χ0n) is 14.7. The first kappa shape index (κ1) is 21.5. The van der Waals surface area contributed by atoms with Gasteiger partial charge in [0.15, 0.2) is 6.29 Å². The molecule has 0 aromatic heterocycles. The Morgan fingerprint density at radius 3 is 2.52 bits per heavy atom. The van der Waals surface area contributed by atoms with Crippen LogP contribution in [0, 0.1) is 11.8 Å². The molecule has 10 heteroatoms. The fourth-order valence-corrected chi connectivity index (χ4v) is 3.13. The van der Waals surface area contributed by atoms with E-state index in [1.807, 2.05) is 0 Å². The molecule has 2 aliphatic heterocycles. The lowest BCUT2D eigenvalue weighted by Gasteiger charge is -2.42. The van der Waals surface area contributed by atoms with Gasteiger partial charge in [-0.3, -0.25) is 0 Å². The first-order valence-corrected chi connectivity index (χ1v) is 8.35. The molecule has 0 radical (unpaired) electrons. The molecule has 0 aromatic carbocycles. The lowest BCUT2D eigenvalue weighted by atomic mass is 9.82. The van der Waals surface area contributed by atoms with Crippen molar-refractivity contribution < 1.29 is 49.0 Å². The van der Waals surface area contributed by atoms with Gasteiger partial charge in [-0.15, -0.1) is 6.58 Å². The highest BCUT2D eigenvalue weighted by molar-refractivity contribution is 5.89. The second-order valence-electron chi connectivity index (χ2n) is 6.22. The van der Waals surface area contributed by atoms with Crippen molar-refractivity contribution in [3.05, 3.63) is 24.5 Å². The van der Waals surface area contributed by atoms with Crippen LogP contribution in [0.5, 0.6) is 0 Å². The van der Waals surface area contributed by atoms with Gasteiger partial charge in [0, 0.05) is 18.3 Å². The molecule has 2 heterocycles. The molecule has 2 aliphatic rings. The third-order valence-electron chi connectivity index (χ3n) is 4.67. The van der Waals surface area contributed by atoms with Gasteiger partial charge in [-0.2, -0.15) is 0 Å². The van der Waals surface area contributed by atoms with Crippen molar-refractivity contribution in [1.82, 2.24) is 0 Å². The van der Waals surface area contributed by atoms with Gasteiger partial charge in [0.05, 0.1) is 25.6 Å². The van der Waals surface area contributed by atoms with Crippen LogP contribution < -0.4 is 0 Å². The number of hydrogen-bond acceptors (Lipinski definition) is 10. The molecule has 2 rings (SSSR count). The molecule has 0 saturated carbocycles. The van der Waals surface area contributed by atoms with E-state index in [1.54, 1.807) is 0 Å². The first-order valence-electron chi connectivity index (χ1n) is 8.35. The Bertz CT molecular complexity index is 574. The van der Waals surface area contributed by atoms with Crippen molar-refractivity contribution in [1.29, 1.82) is 0 Å². The Labute approximate surface area is 155 Å². The van der Waals surface area contributed by atoms with E-state index in [-0.39, 0.29) is 12.0 Å². The SMILES string of the molecule is C=CC1C(CC=O)C(C(=O)OC)=CO[C@@H]1OC1OC(CO)C(O)C(O)C1O. The zero-order chi connectivity index (χ0) is 20.1. The topological polar surface area (TPSA) is 152 Å². The second-order valence-corrected chi connectivity index (χ2v) is 6.22. The maximum absolute atomic E-state index is 11.9. The van der Waals surface area contributed by atoms with Crippen molar-refractivity contribution in [3.63, 3.8) is 0 Å². The van der Waals surface area contributed by atoms with Crippen LogP contribution in [0.4, 0.5) is 0 Å². The summed E-state index contributed by atoms with van der Waals surface area (Å²) >= 11 is 0. The van der Waals surface area contributed by atoms with Gasteiger partial charge < -0.3 is 44.2 Å². The van der Waals surface area contributed by atoms with Gasteiger partial charge in [0.25, 0.3) is 0 Å². The van der Waals surface area contributed by atoms with E-state index in [1.165, 1.54) is 13.2 Å². The number of carbonyl (C=O) groups excluding carboxylic acids is 2. The van der Waals surface area contributed by atoms with E-state index in [2.05, 4.69) is 11.3 Å². The monoisotopic (exact) mass is 388 g/mol. The number of aliphatic hydroxyl groups is 4. The summed E-state index contributed by atoms with van der Waals surface area (Å²) in [7, 11) is 1.20. The summed E-state index contributed by atoms with van der Waals surface area (Å²) in [6, 6.07) is 0. The quantitative estimate of drug-likeness (QED) is 0.224. The Balaban J connectivity index is 2.22. The molecule has 4 N–H and O–H groups in total. The normalized spacial score (nSPS) is 39.1. The molecule has 1 fully saturated rings. The summed E-state index contributed by atoms with van der Waals surface area (Å²) in [4.78, 5) is 23.0. The van der Waals surface area contributed by atoms with Crippen LogP contribution in [-0.2, 0) is 28.5 Å². The molecule has 10 nitrogen and oxygen atoms in total. The highest BCUT2D eigenvalue weighted by Crippen LogP contribution is 2.36. The standard InChI is InChI=1S/C17H24O10/c1-3-8-9(4-5-18)10(15(23)24-2)7-25-16(8)27-17-14(22)13(21)12(20)11(6-19)26-17/h3,5,7-9,11-14,16-17,19-22H,1,4,6H2,2H3/t8?,9?,11?,12?,13?,14?,16-,17?/m1/s1. The van der Waals surface area contributed by atoms with Gasteiger partial charge in [-0.1, -0.05) is 6.08 Å². The Morgan fingerprint density at radius 2 is 1.96 bits per heavy atom. The van der Waals surface area contributed by atoms with E-state index in [0.717, 1.165) is 6.26 Å². The third kappa shape index (κ3) is 4.37. The molecule has 0 amide bonds. The van der Waals surface area contributed by atoms with Crippen LogP contribution in [0.15, 0.2) is 24.5 Å². The van der Waals surface area contributed by atoms with Gasteiger partial charge >= 0.3 is 5.97 Å². The second kappa shape index (κ2) is 9.40. The molecule has 0 bridgehead atoms. The van der Waals surface area contributed by atoms with Gasteiger partial charge in [-0.25, -0.2) is 4.79 Å². The molecular weight excluding hydrogens is 364 g/mol. The van der Waals surface area contributed by atoms with Crippen LogP contribution in [0.2, 0.25) is 0 Å². The lowest BCUT2D eigenvalue weighted by molar-refractivity contribution is -0.339. The number of hydrogen-bond donors (Lipinski definition) is 4. The van der Waals surface area contributed by atoms with Crippen LogP contribution in [0.3, 0.4) is 0 Å². The van der Waals surface area contributed by atoms with Gasteiger partial charge in [0.1, 0.15) is 30.7 Å². The number of rotatable bonds is 7. The predicted molar refractivity (Wildman–Crippen MR) is 87.7 cm³/mol. The fourth-order valence-electron chi connectivity index (χ4n) is 3.13. The van der Waals surface area contributed by atoms with Gasteiger partial charge in [-0.05, 0) is 0 Å². The van der Waals surface area contributed by atoms with Crippen molar-refractivity contribution in [2.75, 3.05) is 13.7 Å². The van der Waals surface area contributed by atoms with Gasteiger partial charge in [0.2, 0.25) is 6.29 Å². The summed E-state index contributed by atoms with van der Waals surface area (Å²) in [6.07, 6.45) is -5.31. The molecule has 0 aliphatic carbocycles. The molecule has 1 saturated heterocycles. The smallest absolute Gasteiger partial charge is 0.337 e. The first-order chi connectivity index (χ1) is 12.9. The maximum Gasteiger partial charge on any atom is 0.337 e. The molecule has 152 valence electrons. The van der Waals surface area contributed by atoms with E-state index in [4.69, 9.17) is 14.2 Å². The van der Waals surface area contributed by atoms with Crippen LogP contribution >= 0.6 is 0 Å². The molecule has 7 unspecified atom stereocenters. The minimum absolute atomic E-state index is 0.0322. The highest BCUT2D eigenvalue weighted by Gasteiger charge is 2.47. The Hall–Kier alpha value is -1.82. The number of esters is 1. The maximum atomic E-state index is 11.9. The van der Waals surface area contributed by atoms with Crippen molar-refractivity contribution in [2.45, 2.75) is 43.4 Å². The van der Waals surface area contributed by atoms with Crippen LogP contribution in [0.25, 0.3) is 0 Å². The third-order valence-corrected chi connectivity index (χ3v) is 4.67. The number of aliphatic hydroxyl groups excluding tert-OH is 4. The summed E-state index contributed by atoms with van der Waals surface area (Å²) in [6.45, 7) is 3.06. The van der Waals surface area contributed by atoms with E-state index < -0.39 is 61.4 Å². The molecule has 8 atom stereocenters. The van der Waals surface area contributed by atoms with Crippen molar-refractivity contribution in [2.24, 2.45) is 11.8 Å². The highest BCUT2D eigenvalue weighted by atomic mass is 16.8.